The minimum absolute atomic E-state index is 0.0115. The van der Waals surface area contributed by atoms with E-state index in [0.29, 0.717) is 0 Å². The summed E-state index contributed by atoms with van der Waals surface area (Å²) >= 11 is 0. The van der Waals surface area contributed by atoms with Crippen molar-refractivity contribution in [1.29, 1.82) is 0 Å². The van der Waals surface area contributed by atoms with Gasteiger partial charge < -0.3 is 10.3 Å². The van der Waals surface area contributed by atoms with Gasteiger partial charge in [0.1, 0.15) is 0 Å². The number of nitrogen functional groups attached to an aromatic ring is 1. The van der Waals surface area contributed by atoms with E-state index in [9.17, 15) is 0 Å². The Kier molecular flexibility index (Phi) is 7.98. The van der Waals surface area contributed by atoms with Gasteiger partial charge in [0.15, 0.2) is 0 Å². The van der Waals surface area contributed by atoms with Gasteiger partial charge in [-0.2, -0.15) is 0 Å². The Hall–Kier alpha value is -4.30. The molecular formula is C46H54N2. The highest BCUT2D eigenvalue weighted by molar-refractivity contribution is 6.14. The summed E-state index contributed by atoms with van der Waals surface area (Å²) in [6.45, 7) is 27.6. The zero-order valence-corrected chi connectivity index (χ0v) is 31.3. The first-order valence-corrected chi connectivity index (χ1v) is 17.5. The highest BCUT2D eigenvalue weighted by atomic mass is 15.0. The molecule has 5 aromatic carbocycles. The number of anilines is 1. The number of aromatic nitrogens is 1. The first-order chi connectivity index (χ1) is 22.2. The van der Waals surface area contributed by atoms with Gasteiger partial charge in [0.2, 0.25) is 0 Å². The van der Waals surface area contributed by atoms with Crippen molar-refractivity contribution in [3.05, 3.63) is 119 Å². The fraction of sp³-hybridized carbons (Fsp3) is 0.348. The maximum atomic E-state index is 7.34. The third kappa shape index (κ3) is 6.07. The molecule has 0 saturated carbocycles. The number of benzene rings is 5. The standard InChI is InChI=1S/C46H54N2/c1-43(2,3)31-23-29(24-32(27-31)44(4,5)6)35-18-16-22-40(41(35)47)48-39-21-14-13-17-37(39)38-20-15-19-36(42(38)48)30-25-33(45(7,8)9)28-34(26-30)46(10,11)12/h13-28H,47H2,1-12H3. The van der Waals surface area contributed by atoms with Gasteiger partial charge in [-0.05, 0) is 67.2 Å². The third-order valence-electron chi connectivity index (χ3n) is 9.97. The molecule has 6 aromatic rings. The third-order valence-corrected chi connectivity index (χ3v) is 9.97. The van der Waals surface area contributed by atoms with Gasteiger partial charge in [-0.1, -0.05) is 168 Å². The minimum atomic E-state index is 0.0115. The summed E-state index contributed by atoms with van der Waals surface area (Å²) in [4.78, 5) is 0. The van der Waals surface area contributed by atoms with Gasteiger partial charge in [-0.3, -0.25) is 0 Å². The predicted molar refractivity (Wildman–Crippen MR) is 211 cm³/mol. The maximum absolute atomic E-state index is 7.34. The lowest BCUT2D eigenvalue weighted by molar-refractivity contribution is 0.568. The molecule has 0 bridgehead atoms. The number of fused-ring (bicyclic) bond motifs is 3. The second-order valence-electron chi connectivity index (χ2n) is 17.9. The zero-order chi connectivity index (χ0) is 35.0. The summed E-state index contributed by atoms with van der Waals surface area (Å²) in [5, 5.41) is 2.46. The number of nitrogens with two attached hydrogens (primary N) is 1. The molecule has 0 radical (unpaired) electrons. The summed E-state index contributed by atoms with van der Waals surface area (Å²) in [7, 11) is 0. The Bertz CT molecular complexity index is 2100. The van der Waals surface area contributed by atoms with Crippen molar-refractivity contribution in [3.8, 4) is 27.9 Å². The summed E-state index contributed by atoms with van der Waals surface area (Å²) in [5.41, 5.74) is 21.6. The largest absolute Gasteiger partial charge is 0.397 e. The van der Waals surface area contributed by atoms with Crippen LogP contribution in [0.4, 0.5) is 5.69 Å². The lowest BCUT2D eigenvalue weighted by atomic mass is 9.78. The monoisotopic (exact) mass is 634 g/mol. The van der Waals surface area contributed by atoms with Crippen molar-refractivity contribution >= 4 is 27.5 Å². The molecule has 0 aliphatic heterocycles. The van der Waals surface area contributed by atoms with E-state index in [1.807, 2.05) is 0 Å². The Labute approximate surface area is 289 Å². The van der Waals surface area contributed by atoms with Crippen LogP contribution in [0.15, 0.2) is 97.1 Å². The van der Waals surface area contributed by atoms with Gasteiger partial charge in [0, 0.05) is 21.9 Å². The van der Waals surface area contributed by atoms with E-state index in [4.69, 9.17) is 5.73 Å². The molecule has 0 aliphatic rings. The van der Waals surface area contributed by atoms with Crippen molar-refractivity contribution < 1.29 is 0 Å². The first-order valence-electron chi connectivity index (χ1n) is 17.5. The van der Waals surface area contributed by atoms with Gasteiger partial charge in [0.05, 0.1) is 22.4 Å². The molecule has 0 saturated heterocycles. The molecule has 2 N–H and O–H groups in total. The summed E-state index contributed by atoms with van der Waals surface area (Å²) in [6, 6.07) is 36.3. The molecule has 248 valence electrons. The SMILES string of the molecule is CC(C)(C)c1cc(-c2cccc(-n3c4ccccc4c4cccc(-c5cc(C(C)(C)C)cc(C(C)(C)C)c5)c43)c2N)cc(C(C)(C)C)c1. The lowest BCUT2D eigenvalue weighted by Crippen LogP contribution is -2.16. The van der Waals surface area contributed by atoms with Gasteiger partial charge in [-0.15, -0.1) is 0 Å². The summed E-state index contributed by atoms with van der Waals surface area (Å²) in [6.07, 6.45) is 0. The lowest BCUT2D eigenvalue weighted by Gasteiger charge is -2.27. The van der Waals surface area contributed by atoms with Crippen LogP contribution in [0.3, 0.4) is 0 Å². The molecule has 48 heavy (non-hydrogen) atoms. The van der Waals surface area contributed by atoms with Gasteiger partial charge >= 0.3 is 0 Å². The molecule has 0 atom stereocenters. The van der Waals surface area contributed by atoms with Crippen molar-refractivity contribution in [1.82, 2.24) is 4.57 Å². The van der Waals surface area contributed by atoms with Crippen LogP contribution in [-0.2, 0) is 21.7 Å². The van der Waals surface area contributed by atoms with E-state index >= 15 is 0 Å². The fourth-order valence-corrected chi connectivity index (χ4v) is 6.80. The predicted octanol–water partition coefficient (Wildman–Crippen LogP) is 12.9. The highest BCUT2D eigenvalue weighted by Crippen LogP contribution is 2.44. The molecule has 1 aromatic heterocycles. The molecule has 0 amide bonds. The van der Waals surface area contributed by atoms with Crippen molar-refractivity contribution in [2.24, 2.45) is 0 Å². The molecule has 0 unspecified atom stereocenters. The first kappa shape index (κ1) is 33.6. The van der Waals surface area contributed by atoms with Gasteiger partial charge in [-0.25, -0.2) is 0 Å². The summed E-state index contributed by atoms with van der Waals surface area (Å²) < 4.78 is 2.41. The molecule has 2 nitrogen and oxygen atoms in total. The molecule has 0 spiro atoms. The number of hydrogen-bond donors (Lipinski definition) is 1. The Morgan fingerprint density at radius 2 is 0.854 bits per heavy atom. The Morgan fingerprint density at radius 1 is 0.438 bits per heavy atom. The highest BCUT2D eigenvalue weighted by Gasteiger charge is 2.25. The van der Waals surface area contributed by atoms with Crippen LogP contribution < -0.4 is 5.73 Å². The van der Waals surface area contributed by atoms with Crippen LogP contribution in [0.2, 0.25) is 0 Å². The smallest absolute Gasteiger partial charge is 0.0698 e. The second kappa shape index (κ2) is 11.4. The van der Waals surface area contributed by atoms with E-state index in [1.54, 1.807) is 0 Å². The van der Waals surface area contributed by atoms with Crippen molar-refractivity contribution in [2.45, 2.75) is 105 Å². The second-order valence-corrected chi connectivity index (χ2v) is 17.9. The van der Waals surface area contributed by atoms with Crippen LogP contribution in [0.25, 0.3) is 49.7 Å². The quantitative estimate of drug-likeness (QED) is 0.193. The number of rotatable bonds is 3. The van der Waals surface area contributed by atoms with Crippen LogP contribution in [0.1, 0.15) is 105 Å². The molecule has 1 heterocycles. The topological polar surface area (TPSA) is 30.9 Å². The summed E-state index contributed by atoms with van der Waals surface area (Å²) in [5.74, 6) is 0. The average Bonchev–Trinajstić information content (AvgIpc) is 3.33. The normalized spacial score (nSPS) is 13.1. The zero-order valence-electron chi connectivity index (χ0n) is 31.3. The van der Waals surface area contributed by atoms with Crippen molar-refractivity contribution in [2.75, 3.05) is 5.73 Å². The van der Waals surface area contributed by atoms with E-state index in [1.165, 1.54) is 55.2 Å². The number of para-hydroxylation sites is 3. The van der Waals surface area contributed by atoms with Crippen molar-refractivity contribution in [3.63, 3.8) is 0 Å². The Balaban J connectivity index is 1.69. The fourth-order valence-electron chi connectivity index (χ4n) is 6.80. The Morgan fingerprint density at radius 3 is 1.35 bits per heavy atom. The minimum Gasteiger partial charge on any atom is -0.397 e. The average molecular weight is 635 g/mol. The molecule has 6 rings (SSSR count). The van der Waals surface area contributed by atoms with E-state index in [-0.39, 0.29) is 21.7 Å². The van der Waals surface area contributed by atoms with E-state index < -0.39 is 0 Å². The van der Waals surface area contributed by atoms with Crippen LogP contribution in [0.5, 0.6) is 0 Å². The van der Waals surface area contributed by atoms with Gasteiger partial charge in [0.25, 0.3) is 0 Å². The van der Waals surface area contributed by atoms with E-state index in [2.05, 4.69) is 185 Å². The van der Waals surface area contributed by atoms with Crippen LogP contribution >= 0.6 is 0 Å². The number of hydrogen-bond acceptors (Lipinski definition) is 1. The van der Waals surface area contributed by atoms with Crippen LogP contribution in [0, 0.1) is 0 Å². The maximum Gasteiger partial charge on any atom is 0.0698 e. The number of nitrogens with zero attached hydrogens (tertiary/aromatic N) is 1. The molecular weight excluding hydrogens is 581 g/mol. The molecule has 0 fully saturated rings. The van der Waals surface area contributed by atoms with Crippen LogP contribution in [-0.4, -0.2) is 4.57 Å². The molecule has 2 heteroatoms. The molecule has 0 aliphatic carbocycles. The van der Waals surface area contributed by atoms with E-state index in [0.717, 1.165) is 22.5 Å².